The Morgan fingerprint density at radius 2 is 2.17 bits per heavy atom. The minimum Gasteiger partial charge on any atom is -0.392 e. The van der Waals surface area contributed by atoms with Crippen LogP contribution in [0.15, 0.2) is 21.5 Å². The molecule has 0 aliphatic carbocycles. The van der Waals surface area contributed by atoms with Crippen LogP contribution in [0.25, 0.3) is 0 Å². The van der Waals surface area contributed by atoms with Crippen molar-refractivity contribution in [3.63, 3.8) is 0 Å². The first-order valence-electron chi connectivity index (χ1n) is 4.99. The van der Waals surface area contributed by atoms with E-state index in [1.165, 1.54) is 23.9 Å². The number of hydrogen-bond acceptors (Lipinski definition) is 4. The van der Waals surface area contributed by atoms with Crippen LogP contribution in [0.4, 0.5) is 4.39 Å². The summed E-state index contributed by atoms with van der Waals surface area (Å²) in [7, 11) is -3.90. The largest absolute Gasteiger partial charge is 0.392 e. The molecule has 1 aromatic rings. The summed E-state index contributed by atoms with van der Waals surface area (Å²) in [6, 6.07) is 2.52. The Hall–Kier alpha value is -0.150. The molecule has 0 aliphatic rings. The third-order valence-corrected chi connectivity index (χ3v) is 4.67. The maximum Gasteiger partial charge on any atom is 0.243 e. The van der Waals surface area contributed by atoms with E-state index < -0.39 is 27.3 Å². The molecule has 18 heavy (non-hydrogen) atoms. The first-order chi connectivity index (χ1) is 8.42. The lowest BCUT2D eigenvalue weighted by atomic mass is 10.2. The highest BCUT2D eigenvalue weighted by molar-refractivity contribution is 9.10. The van der Waals surface area contributed by atoms with Crippen LogP contribution in [0.3, 0.4) is 0 Å². The Labute approximate surface area is 118 Å². The molecule has 1 aromatic carbocycles. The molecule has 0 radical (unpaired) electrons. The van der Waals surface area contributed by atoms with Crippen LogP contribution in [0.5, 0.6) is 0 Å². The number of rotatable bonds is 6. The zero-order chi connectivity index (χ0) is 13.8. The lowest BCUT2D eigenvalue weighted by Crippen LogP contribution is -2.27. The van der Waals surface area contributed by atoms with E-state index in [1.807, 2.05) is 6.26 Å². The fourth-order valence-electron chi connectivity index (χ4n) is 1.28. The molecule has 0 saturated carbocycles. The van der Waals surface area contributed by atoms with Crippen LogP contribution in [0.2, 0.25) is 0 Å². The number of halogens is 2. The van der Waals surface area contributed by atoms with Crippen LogP contribution >= 0.6 is 27.7 Å². The molecule has 0 aliphatic heterocycles. The predicted molar refractivity (Wildman–Crippen MR) is 73.6 cm³/mol. The second-order valence-electron chi connectivity index (χ2n) is 3.43. The number of hydrogen-bond donors (Lipinski definition) is 2. The highest BCUT2D eigenvalue weighted by Crippen LogP contribution is 2.24. The van der Waals surface area contributed by atoms with Crippen molar-refractivity contribution in [3.8, 4) is 0 Å². The summed E-state index contributed by atoms with van der Waals surface area (Å²) in [5.74, 6) is -0.320. The van der Waals surface area contributed by atoms with E-state index in [0.29, 0.717) is 10.2 Å². The Morgan fingerprint density at radius 1 is 1.50 bits per heavy atom. The van der Waals surface area contributed by atoms with E-state index >= 15 is 0 Å². The first kappa shape index (κ1) is 15.9. The lowest BCUT2D eigenvalue weighted by molar-refractivity contribution is 0.274. The van der Waals surface area contributed by atoms with Crippen LogP contribution < -0.4 is 4.72 Å². The molecule has 2 N–H and O–H groups in total. The zero-order valence-electron chi connectivity index (χ0n) is 9.61. The van der Waals surface area contributed by atoms with Crippen molar-refractivity contribution in [1.82, 2.24) is 4.72 Å². The average Bonchev–Trinajstić information content (AvgIpc) is 2.31. The van der Waals surface area contributed by atoms with Gasteiger partial charge in [0.05, 0.1) is 6.61 Å². The summed E-state index contributed by atoms with van der Waals surface area (Å²) in [5, 5.41) is 8.97. The minimum absolute atomic E-state index is 0.0605. The van der Waals surface area contributed by atoms with Crippen molar-refractivity contribution in [3.05, 3.63) is 28.0 Å². The molecule has 4 nitrogen and oxygen atoms in total. The Kier molecular flexibility index (Phi) is 6.06. The number of benzene rings is 1. The number of aliphatic hydroxyl groups excluding tert-OH is 1. The summed E-state index contributed by atoms with van der Waals surface area (Å²) in [6.45, 7) is -0.331. The highest BCUT2D eigenvalue weighted by atomic mass is 79.9. The van der Waals surface area contributed by atoms with Gasteiger partial charge in [-0.15, -0.1) is 0 Å². The quantitative estimate of drug-likeness (QED) is 0.760. The molecule has 1 rings (SSSR count). The Bertz CT molecular complexity index is 522. The highest BCUT2D eigenvalue weighted by Gasteiger charge is 2.21. The Morgan fingerprint density at radius 3 is 2.72 bits per heavy atom. The number of sulfonamides is 1. The molecule has 8 heteroatoms. The topological polar surface area (TPSA) is 66.4 Å². The number of aliphatic hydroxyl groups is 1. The van der Waals surface area contributed by atoms with Gasteiger partial charge in [0.2, 0.25) is 10.0 Å². The molecule has 0 unspecified atom stereocenters. The van der Waals surface area contributed by atoms with Crippen LogP contribution in [0.1, 0.15) is 5.56 Å². The SMILES string of the molecule is CSCCNS(=O)(=O)c1cc(Br)cc(CO)c1F. The minimum atomic E-state index is -3.90. The maximum atomic E-state index is 13.9. The summed E-state index contributed by atoms with van der Waals surface area (Å²) < 4.78 is 40.3. The monoisotopic (exact) mass is 357 g/mol. The molecule has 0 bridgehead atoms. The fraction of sp³-hybridized carbons (Fsp3) is 0.400. The summed E-state index contributed by atoms with van der Waals surface area (Å²) in [6.07, 6.45) is 1.85. The van der Waals surface area contributed by atoms with E-state index in [1.54, 1.807) is 0 Å². The van der Waals surface area contributed by atoms with E-state index in [9.17, 15) is 12.8 Å². The summed E-state index contributed by atoms with van der Waals surface area (Å²) in [4.78, 5) is -0.456. The van der Waals surface area contributed by atoms with Gasteiger partial charge in [-0.2, -0.15) is 11.8 Å². The van der Waals surface area contributed by atoms with E-state index in [2.05, 4.69) is 20.7 Å². The van der Waals surface area contributed by atoms with E-state index in [4.69, 9.17) is 5.11 Å². The maximum absolute atomic E-state index is 13.9. The van der Waals surface area contributed by atoms with Gasteiger partial charge in [0, 0.05) is 22.3 Å². The Balaban J connectivity index is 3.12. The van der Waals surface area contributed by atoms with Gasteiger partial charge in [-0.3, -0.25) is 0 Å². The second kappa shape index (κ2) is 6.85. The van der Waals surface area contributed by atoms with Crippen molar-refractivity contribution in [2.24, 2.45) is 0 Å². The third kappa shape index (κ3) is 3.92. The summed E-state index contributed by atoms with van der Waals surface area (Å²) in [5.41, 5.74) is -0.0605. The molecule has 0 fully saturated rings. The fourth-order valence-corrected chi connectivity index (χ4v) is 3.55. The molecule has 102 valence electrons. The lowest BCUT2D eigenvalue weighted by Gasteiger charge is -2.10. The van der Waals surface area contributed by atoms with Gasteiger partial charge < -0.3 is 5.11 Å². The van der Waals surface area contributed by atoms with Crippen LogP contribution in [-0.2, 0) is 16.6 Å². The van der Waals surface area contributed by atoms with Gasteiger partial charge in [-0.25, -0.2) is 17.5 Å². The standard InChI is InChI=1S/C10H13BrFNO3S2/c1-17-3-2-13-18(15,16)9-5-8(11)4-7(6-14)10(9)12/h4-5,13-14H,2-3,6H2,1H3. The number of thioether (sulfide) groups is 1. The van der Waals surface area contributed by atoms with Crippen LogP contribution in [-0.4, -0.2) is 32.1 Å². The molecule has 0 spiro atoms. The molecular weight excluding hydrogens is 345 g/mol. The smallest absolute Gasteiger partial charge is 0.243 e. The molecule has 0 aromatic heterocycles. The summed E-state index contributed by atoms with van der Waals surface area (Å²) >= 11 is 4.57. The molecule has 0 heterocycles. The zero-order valence-corrected chi connectivity index (χ0v) is 12.8. The molecular formula is C10H13BrFNO3S2. The van der Waals surface area contributed by atoms with E-state index in [-0.39, 0.29) is 12.1 Å². The third-order valence-electron chi connectivity index (χ3n) is 2.14. The van der Waals surface area contributed by atoms with E-state index in [0.717, 1.165) is 0 Å². The predicted octanol–water partition coefficient (Wildman–Crippen LogP) is 1.72. The van der Waals surface area contributed by atoms with Gasteiger partial charge in [0.15, 0.2) is 0 Å². The van der Waals surface area contributed by atoms with Gasteiger partial charge in [0.25, 0.3) is 0 Å². The van der Waals surface area contributed by atoms with Gasteiger partial charge in [0.1, 0.15) is 10.7 Å². The van der Waals surface area contributed by atoms with Crippen molar-refractivity contribution >= 4 is 37.7 Å². The van der Waals surface area contributed by atoms with Gasteiger partial charge in [-0.05, 0) is 18.4 Å². The number of nitrogens with one attached hydrogen (secondary N) is 1. The second-order valence-corrected chi connectivity index (χ2v) is 7.06. The van der Waals surface area contributed by atoms with Crippen molar-refractivity contribution in [2.45, 2.75) is 11.5 Å². The van der Waals surface area contributed by atoms with Crippen molar-refractivity contribution in [2.75, 3.05) is 18.6 Å². The normalized spacial score (nSPS) is 11.8. The average molecular weight is 358 g/mol. The molecule has 0 amide bonds. The van der Waals surface area contributed by atoms with Crippen molar-refractivity contribution < 1.29 is 17.9 Å². The van der Waals surface area contributed by atoms with Gasteiger partial charge >= 0.3 is 0 Å². The molecule has 0 saturated heterocycles. The van der Waals surface area contributed by atoms with Gasteiger partial charge in [-0.1, -0.05) is 15.9 Å². The van der Waals surface area contributed by atoms with Crippen molar-refractivity contribution in [1.29, 1.82) is 0 Å². The first-order valence-corrected chi connectivity index (χ1v) is 8.66. The van der Waals surface area contributed by atoms with Crippen LogP contribution in [0, 0.1) is 5.82 Å². The molecule has 0 atom stereocenters.